The number of benzene rings is 2. The van der Waals surface area contributed by atoms with Crippen LogP contribution >= 0.6 is 11.6 Å². The molecule has 1 spiro atoms. The third-order valence-corrected chi connectivity index (χ3v) is 7.17. The van der Waals surface area contributed by atoms with Crippen LogP contribution in [0, 0.1) is 5.92 Å². The molecular weight excluding hydrogens is 368 g/mol. The Morgan fingerprint density at radius 1 is 1.07 bits per heavy atom. The average Bonchev–Trinajstić information content (AvgIpc) is 3.53. The van der Waals surface area contributed by atoms with Crippen molar-refractivity contribution in [3.05, 3.63) is 70.2 Å². The van der Waals surface area contributed by atoms with Gasteiger partial charge in [-0.3, -0.25) is 9.69 Å². The van der Waals surface area contributed by atoms with Crippen LogP contribution in [0.5, 0.6) is 0 Å². The molecule has 1 saturated carbocycles. The summed E-state index contributed by atoms with van der Waals surface area (Å²) < 4.78 is 0. The summed E-state index contributed by atoms with van der Waals surface area (Å²) in [7, 11) is 0. The zero-order valence-electron chi connectivity index (χ0n) is 16.2. The Balaban J connectivity index is 1.61. The lowest BCUT2D eigenvalue weighted by molar-refractivity contribution is 0.0662. The molecule has 1 atom stereocenters. The Bertz CT molecular complexity index is 886. The van der Waals surface area contributed by atoms with E-state index in [1.165, 1.54) is 24.0 Å². The number of nitrogens with one attached hydrogen (secondary N) is 1. The number of hydrogen-bond donors (Lipinski definition) is 1. The monoisotopic (exact) mass is 394 g/mol. The SMILES string of the molecule is O=C(c1ccccc1Cl)[C@H]1c2ccccc2C2(CCNCC2)CN1CC1CC1. The molecule has 146 valence electrons. The predicted molar refractivity (Wildman–Crippen MR) is 113 cm³/mol. The molecule has 28 heavy (non-hydrogen) atoms. The number of rotatable bonds is 4. The first-order valence-corrected chi connectivity index (χ1v) is 10.9. The number of piperidine rings is 1. The minimum Gasteiger partial charge on any atom is -0.317 e. The summed E-state index contributed by atoms with van der Waals surface area (Å²) in [5, 5.41) is 4.07. The summed E-state index contributed by atoms with van der Waals surface area (Å²) in [4.78, 5) is 16.2. The fourth-order valence-electron chi connectivity index (χ4n) is 5.23. The molecule has 2 heterocycles. The first kappa shape index (κ1) is 18.4. The standard InChI is InChI=1S/C24H27ClN2O/c25-21-8-4-2-6-19(21)23(28)22-18-5-1-3-7-20(18)24(11-13-26-14-12-24)16-27(22)15-17-9-10-17/h1-8,17,22,26H,9-16H2/t22-/m1/s1. The first-order chi connectivity index (χ1) is 13.7. The lowest BCUT2D eigenvalue weighted by Crippen LogP contribution is -2.54. The van der Waals surface area contributed by atoms with Crippen LogP contribution in [0.2, 0.25) is 5.02 Å². The maximum atomic E-state index is 13.7. The van der Waals surface area contributed by atoms with Crippen molar-refractivity contribution >= 4 is 17.4 Å². The number of nitrogens with zero attached hydrogens (tertiary/aromatic N) is 1. The van der Waals surface area contributed by atoms with Gasteiger partial charge in [-0.05, 0) is 68.0 Å². The molecule has 2 aromatic carbocycles. The van der Waals surface area contributed by atoms with Crippen LogP contribution in [0.25, 0.3) is 0 Å². The fourth-order valence-corrected chi connectivity index (χ4v) is 5.46. The van der Waals surface area contributed by atoms with Crippen LogP contribution in [0.1, 0.15) is 53.2 Å². The van der Waals surface area contributed by atoms with Gasteiger partial charge >= 0.3 is 0 Å². The lowest BCUT2D eigenvalue weighted by Gasteiger charge is -2.50. The van der Waals surface area contributed by atoms with Crippen molar-refractivity contribution in [3.8, 4) is 0 Å². The lowest BCUT2D eigenvalue weighted by atomic mass is 9.67. The van der Waals surface area contributed by atoms with Gasteiger partial charge in [0.15, 0.2) is 5.78 Å². The molecule has 0 amide bonds. The summed E-state index contributed by atoms with van der Waals surface area (Å²) in [5.74, 6) is 0.882. The van der Waals surface area contributed by atoms with Crippen molar-refractivity contribution in [2.24, 2.45) is 5.92 Å². The second-order valence-corrected chi connectivity index (χ2v) is 9.14. The smallest absolute Gasteiger partial charge is 0.185 e. The molecule has 0 unspecified atom stereocenters. The Labute approximate surface area is 172 Å². The zero-order chi connectivity index (χ0) is 19.1. The largest absolute Gasteiger partial charge is 0.317 e. The topological polar surface area (TPSA) is 32.3 Å². The maximum absolute atomic E-state index is 13.7. The molecule has 0 radical (unpaired) electrons. The van der Waals surface area contributed by atoms with Gasteiger partial charge in [0.2, 0.25) is 0 Å². The van der Waals surface area contributed by atoms with Gasteiger partial charge in [0.25, 0.3) is 0 Å². The number of carbonyl (C=O) groups excluding carboxylic acids is 1. The van der Waals surface area contributed by atoms with Crippen LogP contribution < -0.4 is 5.32 Å². The highest BCUT2D eigenvalue weighted by molar-refractivity contribution is 6.34. The van der Waals surface area contributed by atoms with Crippen molar-refractivity contribution < 1.29 is 4.79 Å². The molecule has 4 heteroatoms. The average molecular weight is 395 g/mol. The van der Waals surface area contributed by atoms with Crippen molar-refractivity contribution in [2.45, 2.75) is 37.1 Å². The molecule has 1 saturated heterocycles. The van der Waals surface area contributed by atoms with Gasteiger partial charge in [-0.15, -0.1) is 0 Å². The van der Waals surface area contributed by atoms with Gasteiger partial charge in [-0.2, -0.15) is 0 Å². The molecule has 5 rings (SSSR count). The highest BCUT2D eigenvalue weighted by Gasteiger charge is 2.47. The molecule has 2 aliphatic heterocycles. The van der Waals surface area contributed by atoms with E-state index in [1.807, 2.05) is 24.3 Å². The van der Waals surface area contributed by atoms with Gasteiger partial charge in [0, 0.05) is 24.1 Å². The molecule has 1 aliphatic carbocycles. The van der Waals surface area contributed by atoms with E-state index in [1.54, 1.807) is 0 Å². The molecule has 3 nitrogen and oxygen atoms in total. The zero-order valence-corrected chi connectivity index (χ0v) is 16.9. The van der Waals surface area contributed by atoms with E-state index in [-0.39, 0.29) is 17.2 Å². The van der Waals surface area contributed by atoms with Gasteiger partial charge in [-0.1, -0.05) is 48.0 Å². The molecule has 2 aromatic rings. The number of ketones is 1. The Morgan fingerprint density at radius 3 is 2.54 bits per heavy atom. The van der Waals surface area contributed by atoms with E-state index < -0.39 is 0 Å². The molecular formula is C24H27ClN2O. The summed E-state index contributed by atoms with van der Waals surface area (Å²) in [5.41, 5.74) is 3.38. The van der Waals surface area contributed by atoms with Crippen molar-refractivity contribution in [2.75, 3.05) is 26.2 Å². The van der Waals surface area contributed by atoms with Crippen molar-refractivity contribution in [3.63, 3.8) is 0 Å². The van der Waals surface area contributed by atoms with Crippen LogP contribution in [0.3, 0.4) is 0 Å². The molecule has 1 N–H and O–H groups in total. The third kappa shape index (κ3) is 3.20. The van der Waals surface area contributed by atoms with Crippen molar-refractivity contribution in [1.82, 2.24) is 10.2 Å². The van der Waals surface area contributed by atoms with Crippen LogP contribution in [0.15, 0.2) is 48.5 Å². The minimum absolute atomic E-state index is 0.141. The van der Waals surface area contributed by atoms with Crippen LogP contribution in [0.4, 0.5) is 0 Å². The molecule has 2 fully saturated rings. The van der Waals surface area contributed by atoms with Gasteiger partial charge in [0.05, 0.1) is 11.1 Å². The summed E-state index contributed by atoms with van der Waals surface area (Å²) in [6.07, 6.45) is 4.86. The van der Waals surface area contributed by atoms with E-state index in [0.717, 1.165) is 44.9 Å². The first-order valence-electron chi connectivity index (χ1n) is 10.5. The minimum atomic E-state index is -0.225. The van der Waals surface area contributed by atoms with Gasteiger partial charge in [-0.25, -0.2) is 0 Å². The fraction of sp³-hybridized carbons (Fsp3) is 0.458. The molecule has 3 aliphatic rings. The maximum Gasteiger partial charge on any atom is 0.185 e. The highest BCUT2D eigenvalue weighted by Crippen LogP contribution is 2.47. The number of Topliss-reactive ketones (excluding diaryl/α,β-unsaturated/α-hetero) is 1. The number of hydrogen-bond acceptors (Lipinski definition) is 3. The summed E-state index contributed by atoms with van der Waals surface area (Å²) in [6, 6.07) is 15.9. The second-order valence-electron chi connectivity index (χ2n) is 8.74. The van der Waals surface area contributed by atoms with Crippen molar-refractivity contribution in [1.29, 1.82) is 0 Å². The van der Waals surface area contributed by atoms with Gasteiger partial charge < -0.3 is 5.32 Å². The predicted octanol–water partition coefficient (Wildman–Crippen LogP) is 4.61. The number of carbonyl (C=O) groups is 1. The molecule has 0 aromatic heterocycles. The summed E-state index contributed by atoms with van der Waals surface area (Å²) >= 11 is 6.43. The van der Waals surface area contributed by atoms with Crippen LogP contribution in [-0.2, 0) is 5.41 Å². The molecule has 0 bridgehead atoms. The summed E-state index contributed by atoms with van der Waals surface area (Å²) in [6.45, 7) is 4.09. The van der Waals surface area contributed by atoms with E-state index in [9.17, 15) is 4.79 Å². The van der Waals surface area contributed by atoms with E-state index >= 15 is 0 Å². The third-order valence-electron chi connectivity index (χ3n) is 6.84. The van der Waals surface area contributed by atoms with Gasteiger partial charge in [0.1, 0.15) is 0 Å². The van der Waals surface area contributed by atoms with Crippen LogP contribution in [-0.4, -0.2) is 36.9 Å². The van der Waals surface area contributed by atoms with E-state index in [2.05, 4.69) is 34.5 Å². The second kappa shape index (κ2) is 7.29. The Hall–Kier alpha value is -1.68. The highest BCUT2D eigenvalue weighted by atomic mass is 35.5. The Morgan fingerprint density at radius 2 is 1.79 bits per heavy atom. The Kier molecular flexibility index (Phi) is 4.78. The number of fused-ring (bicyclic) bond motifs is 2. The normalized spacial score (nSPS) is 24.1. The quantitative estimate of drug-likeness (QED) is 0.768. The van der Waals surface area contributed by atoms with E-state index in [0.29, 0.717) is 10.6 Å². The van der Waals surface area contributed by atoms with E-state index in [4.69, 9.17) is 11.6 Å². The number of halogens is 1.